The molecular formula is C19H29N3O3. The van der Waals surface area contributed by atoms with Crippen LogP contribution in [0.5, 0.6) is 5.75 Å². The highest BCUT2D eigenvalue weighted by Gasteiger charge is 2.22. The molecule has 1 aliphatic rings. The zero-order valence-corrected chi connectivity index (χ0v) is 15.6. The number of ether oxygens (including phenoxy) is 1. The highest BCUT2D eigenvalue weighted by Crippen LogP contribution is 2.25. The molecule has 6 heteroatoms. The zero-order chi connectivity index (χ0) is 18.4. The van der Waals surface area contributed by atoms with Crippen molar-refractivity contribution in [1.29, 1.82) is 0 Å². The van der Waals surface area contributed by atoms with Crippen molar-refractivity contribution in [2.45, 2.75) is 39.7 Å². The molecule has 1 saturated heterocycles. The minimum Gasteiger partial charge on any atom is -0.495 e. The van der Waals surface area contributed by atoms with Crippen molar-refractivity contribution in [2.24, 2.45) is 5.92 Å². The Labute approximate surface area is 149 Å². The number of piperidine rings is 1. The SMILES string of the molecule is COc1ccc(C)cc1NC(=O)C(=O)NCC1CCN(C(C)C)CC1. The molecule has 0 spiro atoms. The second-order valence-corrected chi connectivity index (χ2v) is 6.94. The van der Waals surface area contributed by atoms with Gasteiger partial charge in [0, 0.05) is 12.6 Å². The highest BCUT2D eigenvalue weighted by atomic mass is 16.5. The maximum absolute atomic E-state index is 12.1. The van der Waals surface area contributed by atoms with E-state index in [2.05, 4.69) is 29.4 Å². The number of nitrogens with zero attached hydrogens (tertiary/aromatic N) is 1. The number of hydrogen-bond acceptors (Lipinski definition) is 4. The fourth-order valence-electron chi connectivity index (χ4n) is 3.09. The lowest BCUT2D eigenvalue weighted by Crippen LogP contribution is -2.43. The molecule has 0 aromatic heterocycles. The van der Waals surface area contributed by atoms with E-state index >= 15 is 0 Å². The van der Waals surface area contributed by atoms with Gasteiger partial charge in [0.2, 0.25) is 0 Å². The summed E-state index contributed by atoms with van der Waals surface area (Å²) in [5.74, 6) is -0.300. The van der Waals surface area contributed by atoms with Crippen molar-refractivity contribution in [3.05, 3.63) is 23.8 Å². The number of nitrogens with one attached hydrogen (secondary N) is 2. The second kappa shape index (κ2) is 8.85. The Kier molecular flexibility index (Phi) is 6.82. The lowest BCUT2D eigenvalue weighted by molar-refractivity contribution is -0.136. The quantitative estimate of drug-likeness (QED) is 0.801. The summed E-state index contributed by atoms with van der Waals surface area (Å²) in [6.07, 6.45) is 2.09. The summed E-state index contributed by atoms with van der Waals surface area (Å²) in [5, 5.41) is 5.39. The van der Waals surface area contributed by atoms with Crippen LogP contribution in [0.2, 0.25) is 0 Å². The predicted molar refractivity (Wildman–Crippen MR) is 98.8 cm³/mol. The Balaban J connectivity index is 1.81. The first-order valence-electron chi connectivity index (χ1n) is 8.88. The van der Waals surface area contributed by atoms with Gasteiger partial charge in [-0.25, -0.2) is 0 Å². The predicted octanol–water partition coefficient (Wildman–Crippen LogP) is 2.18. The second-order valence-electron chi connectivity index (χ2n) is 6.94. The van der Waals surface area contributed by atoms with Gasteiger partial charge in [-0.05, 0) is 70.3 Å². The fraction of sp³-hybridized carbons (Fsp3) is 0.579. The maximum Gasteiger partial charge on any atom is 0.313 e. The smallest absolute Gasteiger partial charge is 0.313 e. The number of aryl methyl sites for hydroxylation is 1. The number of amides is 2. The minimum atomic E-state index is -0.663. The molecule has 2 amide bonds. The molecular weight excluding hydrogens is 318 g/mol. The summed E-state index contributed by atoms with van der Waals surface area (Å²) in [6.45, 7) is 8.95. The van der Waals surface area contributed by atoms with Crippen LogP contribution in [0, 0.1) is 12.8 Å². The van der Waals surface area contributed by atoms with Gasteiger partial charge in [-0.2, -0.15) is 0 Å². The molecule has 0 atom stereocenters. The van der Waals surface area contributed by atoms with E-state index < -0.39 is 11.8 Å². The van der Waals surface area contributed by atoms with Crippen molar-refractivity contribution in [2.75, 3.05) is 32.1 Å². The van der Waals surface area contributed by atoms with Crippen molar-refractivity contribution >= 4 is 17.5 Å². The van der Waals surface area contributed by atoms with Crippen molar-refractivity contribution < 1.29 is 14.3 Å². The van der Waals surface area contributed by atoms with Crippen LogP contribution in [0.25, 0.3) is 0 Å². The summed E-state index contributed by atoms with van der Waals surface area (Å²) >= 11 is 0. The van der Waals surface area contributed by atoms with E-state index in [4.69, 9.17) is 4.74 Å². The van der Waals surface area contributed by atoms with Gasteiger partial charge in [0.1, 0.15) is 5.75 Å². The Hall–Kier alpha value is -2.08. The number of benzene rings is 1. The number of likely N-dealkylation sites (tertiary alicyclic amines) is 1. The molecule has 138 valence electrons. The third-order valence-corrected chi connectivity index (χ3v) is 4.74. The first-order chi connectivity index (χ1) is 11.9. The molecule has 1 aromatic rings. The van der Waals surface area contributed by atoms with E-state index in [0.717, 1.165) is 31.5 Å². The summed E-state index contributed by atoms with van der Waals surface area (Å²) in [5.41, 5.74) is 1.49. The van der Waals surface area contributed by atoms with Gasteiger partial charge in [0.15, 0.2) is 0 Å². The van der Waals surface area contributed by atoms with Gasteiger partial charge >= 0.3 is 11.8 Å². The largest absolute Gasteiger partial charge is 0.495 e. The molecule has 25 heavy (non-hydrogen) atoms. The normalized spacial score (nSPS) is 15.9. The van der Waals surface area contributed by atoms with Gasteiger partial charge in [0.25, 0.3) is 0 Å². The molecule has 2 N–H and O–H groups in total. The molecule has 0 saturated carbocycles. The van der Waals surface area contributed by atoms with Gasteiger partial charge in [0.05, 0.1) is 12.8 Å². The van der Waals surface area contributed by atoms with E-state index in [-0.39, 0.29) is 0 Å². The van der Waals surface area contributed by atoms with Gasteiger partial charge in [-0.1, -0.05) is 6.07 Å². The summed E-state index contributed by atoms with van der Waals surface area (Å²) in [6, 6.07) is 6.00. The van der Waals surface area contributed by atoms with Crippen molar-refractivity contribution in [1.82, 2.24) is 10.2 Å². The molecule has 6 nitrogen and oxygen atoms in total. The lowest BCUT2D eigenvalue weighted by Gasteiger charge is -2.34. The number of carbonyl (C=O) groups excluding carboxylic acids is 2. The standard InChI is InChI=1S/C19H29N3O3/c1-13(2)22-9-7-15(8-10-22)12-20-18(23)19(24)21-16-11-14(3)5-6-17(16)25-4/h5-6,11,13,15H,7-10,12H2,1-4H3,(H,20,23)(H,21,24). The molecule has 0 aliphatic carbocycles. The van der Waals surface area contributed by atoms with Gasteiger partial charge in [-0.3, -0.25) is 9.59 Å². The van der Waals surface area contributed by atoms with Crippen LogP contribution >= 0.6 is 0 Å². The molecule has 0 radical (unpaired) electrons. The molecule has 1 aliphatic heterocycles. The summed E-state index contributed by atoms with van der Waals surface area (Å²) < 4.78 is 5.21. The molecule has 0 bridgehead atoms. The average Bonchev–Trinajstić information content (AvgIpc) is 2.60. The Morgan fingerprint density at radius 2 is 1.92 bits per heavy atom. The number of rotatable bonds is 5. The van der Waals surface area contributed by atoms with Crippen LogP contribution < -0.4 is 15.4 Å². The molecule has 0 unspecified atom stereocenters. The van der Waals surface area contributed by atoms with E-state index in [1.807, 2.05) is 13.0 Å². The van der Waals surface area contributed by atoms with E-state index in [1.165, 1.54) is 7.11 Å². The van der Waals surface area contributed by atoms with E-state index in [0.29, 0.717) is 29.9 Å². The zero-order valence-electron chi connectivity index (χ0n) is 15.6. The first-order valence-corrected chi connectivity index (χ1v) is 8.88. The van der Waals surface area contributed by atoms with E-state index in [1.54, 1.807) is 12.1 Å². The monoisotopic (exact) mass is 347 g/mol. The number of carbonyl (C=O) groups is 2. The topological polar surface area (TPSA) is 70.7 Å². The molecule has 1 fully saturated rings. The van der Waals surface area contributed by atoms with Crippen LogP contribution in [-0.2, 0) is 9.59 Å². The minimum absolute atomic E-state index is 0.431. The fourth-order valence-corrected chi connectivity index (χ4v) is 3.09. The number of anilines is 1. The first kappa shape index (κ1) is 19.2. The maximum atomic E-state index is 12.1. The number of methoxy groups -OCH3 is 1. The average molecular weight is 347 g/mol. The van der Waals surface area contributed by atoms with Crippen LogP contribution in [-0.4, -0.2) is 49.5 Å². The Morgan fingerprint density at radius 1 is 1.24 bits per heavy atom. The van der Waals surface area contributed by atoms with Crippen molar-refractivity contribution in [3.63, 3.8) is 0 Å². The van der Waals surface area contributed by atoms with Gasteiger partial charge in [-0.15, -0.1) is 0 Å². The highest BCUT2D eigenvalue weighted by molar-refractivity contribution is 6.39. The van der Waals surface area contributed by atoms with Crippen LogP contribution in [0.4, 0.5) is 5.69 Å². The third kappa shape index (κ3) is 5.46. The van der Waals surface area contributed by atoms with Crippen LogP contribution in [0.1, 0.15) is 32.3 Å². The van der Waals surface area contributed by atoms with Gasteiger partial charge < -0.3 is 20.3 Å². The van der Waals surface area contributed by atoms with Crippen LogP contribution in [0.3, 0.4) is 0 Å². The van der Waals surface area contributed by atoms with Crippen molar-refractivity contribution in [3.8, 4) is 5.75 Å². The molecule has 1 aromatic carbocycles. The number of hydrogen-bond donors (Lipinski definition) is 2. The van der Waals surface area contributed by atoms with E-state index in [9.17, 15) is 9.59 Å². The lowest BCUT2D eigenvalue weighted by atomic mass is 9.96. The Morgan fingerprint density at radius 3 is 2.52 bits per heavy atom. The van der Waals surface area contributed by atoms with Crippen LogP contribution in [0.15, 0.2) is 18.2 Å². The third-order valence-electron chi connectivity index (χ3n) is 4.74. The Bertz CT molecular complexity index is 608. The summed E-state index contributed by atoms with van der Waals surface area (Å²) in [4.78, 5) is 26.6. The summed E-state index contributed by atoms with van der Waals surface area (Å²) in [7, 11) is 1.53. The molecule has 1 heterocycles. The molecule has 2 rings (SSSR count).